The Kier molecular flexibility index (Phi) is 6.90. The Hall–Kier alpha value is -2.57. The van der Waals surface area contributed by atoms with Crippen molar-refractivity contribution in [2.75, 3.05) is 5.75 Å². The van der Waals surface area contributed by atoms with Crippen molar-refractivity contribution in [1.82, 2.24) is 9.97 Å². The summed E-state index contributed by atoms with van der Waals surface area (Å²) in [7, 11) is 0. The molecule has 0 fully saturated rings. The first kappa shape index (κ1) is 20.2. The predicted octanol–water partition coefficient (Wildman–Crippen LogP) is 4.16. The number of ether oxygens (including phenoxy) is 1. The standard InChI is InChI=1S/C21H19ClN2O3S/c1-14-18(11-15-7-9-17(22)10-8-15)20(26)24-21(23-14)28-13-19(25)27-12-16-5-3-2-4-6-16/h2-10H,11-13H2,1H3,(H,23,24,26). The summed E-state index contributed by atoms with van der Waals surface area (Å²) in [5, 5.41) is 1.05. The smallest absolute Gasteiger partial charge is 0.316 e. The average molecular weight is 415 g/mol. The topological polar surface area (TPSA) is 72.0 Å². The molecule has 0 amide bonds. The van der Waals surface area contributed by atoms with Gasteiger partial charge in [-0.15, -0.1) is 0 Å². The Morgan fingerprint density at radius 1 is 1.11 bits per heavy atom. The summed E-state index contributed by atoms with van der Waals surface area (Å²) in [4.78, 5) is 31.5. The Labute approximate surface area is 172 Å². The van der Waals surface area contributed by atoms with Gasteiger partial charge in [0.05, 0.1) is 5.75 Å². The molecule has 0 aliphatic heterocycles. The van der Waals surface area contributed by atoms with Crippen LogP contribution in [0.2, 0.25) is 5.02 Å². The number of esters is 1. The highest BCUT2D eigenvalue weighted by atomic mass is 35.5. The average Bonchev–Trinajstić information content (AvgIpc) is 2.70. The van der Waals surface area contributed by atoms with Crippen LogP contribution in [-0.4, -0.2) is 21.7 Å². The highest BCUT2D eigenvalue weighted by molar-refractivity contribution is 7.99. The summed E-state index contributed by atoms with van der Waals surface area (Å²) in [5.41, 5.74) is 2.93. The van der Waals surface area contributed by atoms with Crippen molar-refractivity contribution >= 4 is 29.3 Å². The van der Waals surface area contributed by atoms with Crippen molar-refractivity contribution in [1.29, 1.82) is 0 Å². The number of hydrogen-bond donors (Lipinski definition) is 1. The van der Waals surface area contributed by atoms with Crippen LogP contribution in [0.15, 0.2) is 64.5 Å². The quantitative estimate of drug-likeness (QED) is 0.357. The Morgan fingerprint density at radius 2 is 1.82 bits per heavy atom. The number of aryl methyl sites for hydroxylation is 1. The fourth-order valence-corrected chi connectivity index (χ4v) is 3.40. The molecule has 5 nitrogen and oxygen atoms in total. The largest absolute Gasteiger partial charge is 0.460 e. The summed E-state index contributed by atoms with van der Waals surface area (Å²) in [6.45, 7) is 2.02. The lowest BCUT2D eigenvalue weighted by Gasteiger charge is -2.08. The molecule has 0 radical (unpaired) electrons. The van der Waals surface area contributed by atoms with E-state index in [2.05, 4.69) is 9.97 Å². The molecular weight excluding hydrogens is 396 g/mol. The van der Waals surface area contributed by atoms with Crippen molar-refractivity contribution < 1.29 is 9.53 Å². The third kappa shape index (κ3) is 5.71. The molecule has 0 spiro atoms. The first-order valence-electron chi connectivity index (χ1n) is 8.68. The lowest BCUT2D eigenvalue weighted by molar-refractivity contribution is -0.141. The second-order valence-corrected chi connectivity index (χ2v) is 7.57. The van der Waals surface area contributed by atoms with Crippen molar-refractivity contribution in [2.24, 2.45) is 0 Å². The fourth-order valence-electron chi connectivity index (χ4n) is 2.57. The number of carbonyl (C=O) groups is 1. The molecule has 0 bridgehead atoms. The minimum absolute atomic E-state index is 0.0751. The first-order chi connectivity index (χ1) is 13.5. The molecule has 3 rings (SSSR count). The lowest BCUT2D eigenvalue weighted by atomic mass is 10.1. The van der Waals surface area contributed by atoms with Crippen molar-refractivity contribution in [3.05, 3.63) is 92.4 Å². The van der Waals surface area contributed by atoms with Crippen LogP contribution in [-0.2, 0) is 22.6 Å². The number of H-pyrrole nitrogens is 1. The number of thioether (sulfide) groups is 1. The molecule has 0 saturated heterocycles. The van der Waals surface area contributed by atoms with Crippen LogP contribution in [0, 0.1) is 6.92 Å². The van der Waals surface area contributed by atoms with E-state index in [-0.39, 0.29) is 23.9 Å². The summed E-state index contributed by atoms with van der Waals surface area (Å²) in [6, 6.07) is 16.8. The Balaban J connectivity index is 1.58. The van der Waals surface area contributed by atoms with Gasteiger partial charge in [0.15, 0.2) is 5.16 Å². The number of nitrogens with zero attached hydrogens (tertiary/aromatic N) is 1. The number of aromatic amines is 1. The van der Waals surface area contributed by atoms with Gasteiger partial charge in [-0.05, 0) is 30.2 Å². The second-order valence-electron chi connectivity index (χ2n) is 6.17. The number of hydrogen-bond acceptors (Lipinski definition) is 5. The molecule has 144 valence electrons. The predicted molar refractivity (Wildman–Crippen MR) is 111 cm³/mol. The van der Waals surface area contributed by atoms with E-state index in [0.717, 1.165) is 22.9 Å². The molecule has 0 atom stereocenters. The van der Waals surface area contributed by atoms with Crippen molar-refractivity contribution in [3.8, 4) is 0 Å². The van der Waals surface area contributed by atoms with Crippen LogP contribution in [0.4, 0.5) is 0 Å². The Morgan fingerprint density at radius 3 is 2.50 bits per heavy atom. The maximum absolute atomic E-state index is 12.4. The first-order valence-corrected chi connectivity index (χ1v) is 10.0. The fraction of sp³-hybridized carbons (Fsp3) is 0.190. The van der Waals surface area contributed by atoms with Crippen LogP contribution < -0.4 is 5.56 Å². The number of halogens is 1. The summed E-state index contributed by atoms with van der Waals surface area (Å²) in [5.74, 6) is -0.287. The van der Waals surface area contributed by atoms with Crippen LogP contribution in [0.3, 0.4) is 0 Å². The molecule has 1 heterocycles. The molecule has 28 heavy (non-hydrogen) atoms. The second kappa shape index (κ2) is 9.57. The van der Waals surface area contributed by atoms with Gasteiger partial charge in [0.25, 0.3) is 5.56 Å². The van der Waals surface area contributed by atoms with E-state index in [1.165, 1.54) is 0 Å². The van der Waals surface area contributed by atoms with E-state index < -0.39 is 0 Å². The molecule has 0 saturated carbocycles. The van der Waals surface area contributed by atoms with Crippen molar-refractivity contribution in [3.63, 3.8) is 0 Å². The zero-order valence-electron chi connectivity index (χ0n) is 15.3. The molecule has 0 aliphatic carbocycles. The zero-order valence-corrected chi connectivity index (χ0v) is 16.8. The van der Waals surface area contributed by atoms with Gasteiger partial charge in [0.2, 0.25) is 0 Å². The molecule has 0 aliphatic rings. The van der Waals surface area contributed by atoms with Crippen LogP contribution in [0.25, 0.3) is 0 Å². The normalized spacial score (nSPS) is 10.6. The van der Waals surface area contributed by atoms with Crippen LogP contribution in [0.1, 0.15) is 22.4 Å². The number of aromatic nitrogens is 2. The van der Waals surface area contributed by atoms with Gasteiger partial charge in [-0.3, -0.25) is 9.59 Å². The molecule has 7 heteroatoms. The molecule has 1 aromatic heterocycles. The van der Waals surface area contributed by atoms with Crippen LogP contribution >= 0.6 is 23.4 Å². The van der Waals surface area contributed by atoms with E-state index in [1.807, 2.05) is 42.5 Å². The summed E-state index contributed by atoms with van der Waals surface area (Å²) < 4.78 is 5.23. The van der Waals surface area contributed by atoms with Gasteiger partial charge in [-0.1, -0.05) is 65.8 Å². The zero-order chi connectivity index (χ0) is 19.9. The van der Waals surface area contributed by atoms with Gasteiger partial charge >= 0.3 is 5.97 Å². The van der Waals surface area contributed by atoms with E-state index >= 15 is 0 Å². The SMILES string of the molecule is Cc1nc(SCC(=O)OCc2ccccc2)[nH]c(=O)c1Cc1ccc(Cl)cc1. The van der Waals surface area contributed by atoms with Gasteiger partial charge in [0, 0.05) is 22.7 Å². The number of nitrogens with one attached hydrogen (secondary N) is 1. The minimum Gasteiger partial charge on any atom is -0.460 e. The van der Waals surface area contributed by atoms with E-state index in [0.29, 0.717) is 27.9 Å². The monoisotopic (exact) mass is 414 g/mol. The summed E-state index contributed by atoms with van der Waals surface area (Å²) in [6.07, 6.45) is 0.468. The molecule has 2 aromatic carbocycles. The van der Waals surface area contributed by atoms with E-state index in [9.17, 15) is 9.59 Å². The van der Waals surface area contributed by atoms with Gasteiger partial charge in [-0.25, -0.2) is 4.98 Å². The van der Waals surface area contributed by atoms with Gasteiger partial charge in [-0.2, -0.15) is 0 Å². The number of carbonyl (C=O) groups excluding carboxylic acids is 1. The maximum Gasteiger partial charge on any atom is 0.316 e. The maximum atomic E-state index is 12.4. The third-order valence-corrected chi connectivity index (χ3v) is 5.16. The third-order valence-electron chi connectivity index (χ3n) is 4.06. The highest BCUT2D eigenvalue weighted by Gasteiger charge is 2.12. The summed E-state index contributed by atoms with van der Waals surface area (Å²) >= 11 is 7.05. The van der Waals surface area contributed by atoms with Crippen LogP contribution in [0.5, 0.6) is 0 Å². The highest BCUT2D eigenvalue weighted by Crippen LogP contribution is 2.16. The number of rotatable bonds is 7. The van der Waals surface area contributed by atoms with Crippen molar-refractivity contribution in [2.45, 2.75) is 25.1 Å². The molecule has 1 N–H and O–H groups in total. The molecule has 0 unspecified atom stereocenters. The molecular formula is C21H19ClN2O3S. The van der Waals surface area contributed by atoms with E-state index in [1.54, 1.807) is 19.1 Å². The minimum atomic E-state index is -0.362. The lowest BCUT2D eigenvalue weighted by Crippen LogP contribution is -2.18. The molecule has 3 aromatic rings. The number of benzene rings is 2. The Bertz CT molecular complexity index is 1000. The van der Waals surface area contributed by atoms with Gasteiger partial charge in [0.1, 0.15) is 6.61 Å². The van der Waals surface area contributed by atoms with Gasteiger partial charge < -0.3 is 9.72 Å². The van der Waals surface area contributed by atoms with E-state index in [4.69, 9.17) is 16.3 Å².